The first kappa shape index (κ1) is 13.6. The minimum atomic E-state index is 0.304. The molecule has 0 saturated carbocycles. The summed E-state index contributed by atoms with van der Waals surface area (Å²) in [5.74, 6) is 0.899. The number of rotatable bonds is 6. The number of ether oxygens (including phenoxy) is 1. The molecule has 100 valence electrons. The maximum Gasteiger partial charge on any atom is 0.119 e. The molecule has 3 nitrogen and oxygen atoms in total. The van der Waals surface area contributed by atoms with Gasteiger partial charge in [0.15, 0.2) is 0 Å². The molecule has 3 heteroatoms. The number of pyridine rings is 1. The molecule has 2 rings (SSSR count). The van der Waals surface area contributed by atoms with Crippen LogP contribution in [0.25, 0.3) is 0 Å². The Morgan fingerprint density at radius 2 is 2.11 bits per heavy atom. The summed E-state index contributed by atoms with van der Waals surface area (Å²) in [6.07, 6.45) is 2.77. The van der Waals surface area contributed by atoms with E-state index >= 15 is 0 Å². The quantitative estimate of drug-likeness (QED) is 0.862. The van der Waals surface area contributed by atoms with Gasteiger partial charge in [-0.3, -0.25) is 4.98 Å². The van der Waals surface area contributed by atoms with E-state index in [4.69, 9.17) is 4.74 Å². The van der Waals surface area contributed by atoms with Crippen molar-refractivity contribution in [3.05, 3.63) is 59.9 Å². The Morgan fingerprint density at radius 3 is 2.84 bits per heavy atom. The maximum atomic E-state index is 5.24. The minimum Gasteiger partial charge on any atom is -0.497 e. The van der Waals surface area contributed by atoms with Gasteiger partial charge in [0.2, 0.25) is 0 Å². The lowest BCUT2D eigenvalue weighted by atomic mass is 10.1. The van der Waals surface area contributed by atoms with Crippen LogP contribution in [0.1, 0.15) is 24.2 Å². The van der Waals surface area contributed by atoms with Gasteiger partial charge in [-0.25, -0.2) is 0 Å². The van der Waals surface area contributed by atoms with Crippen LogP contribution in [0.5, 0.6) is 5.75 Å². The van der Waals surface area contributed by atoms with Gasteiger partial charge in [-0.1, -0.05) is 18.2 Å². The Bertz CT molecular complexity index is 499. The largest absolute Gasteiger partial charge is 0.497 e. The predicted octanol–water partition coefficient (Wildman–Crippen LogP) is 2.98. The van der Waals surface area contributed by atoms with Gasteiger partial charge < -0.3 is 10.1 Å². The molecule has 0 amide bonds. The predicted molar refractivity (Wildman–Crippen MR) is 77.4 cm³/mol. The highest BCUT2D eigenvalue weighted by molar-refractivity contribution is 5.30. The van der Waals surface area contributed by atoms with Gasteiger partial charge in [0.1, 0.15) is 5.75 Å². The van der Waals surface area contributed by atoms with Crippen molar-refractivity contribution >= 4 is 0 Å². The fraction of sp³-hybridized carbons (Fsp3) is 0.312. The highest BCUT2D eigenvalue weighted by Crippen LogP contribution is 2.18. The van der Waals surface area contributed by atoms with E-state index < -0.39 is 0 Å². The highest BCUT2D eigenvalue weighted by Gasteiger charge is 2.05. The summed E-state index contributed by atoms with van der Waals surface area (Å²) in [6.45, 7) is 3.07. The van der Waals surface area contributed by atoms with Crippen molar-refractivity contribution in [2.45, 2.75) is 19.4 Å². The van der Waals surface area contributed by atoms with Crippen molar-refractivity contribution < 1.29 is 4.74 Å². The second kappa shape index (κ2) is 6.90. The smallest absolute Gasteiger partial charge is 0.119 e. The third-order valence-electron chi connectivity index (χ3n) is 3.15. The Morgan fingerprint density at radius 1 is 1.21 bits per heavy atom. The van der Waals surface area contributed by atoms with Crippen molar-refractivity contribution in [1.82, 2.24) is 10.3 Å². The topological polar surface area (TPSA) is 34.1 Å². The van der Waals surface area contributed by atoms with E-state index in [1.807, 2.05) is 30.5 Å². The standard InChI is InChI=1S/C16H20N2O/c1-13(14-6-5-8-16(12-14)19-2)17-11-9-15-7-3-4-10-18-15/h3-8,10,12-13,17H,9,11H2,1-2H3/t13-/m0/s1. The summed E-state index contributed by atoms with van der Waals surface area (Å²) in [6, 6.07) is 14.5. The van der Waals surface area contributed by atoms with Crippen LogP contribution in [0.2, 0.25) is 0 Å². The molecule has 0 spiro atoms. The third kappa shape index (κ3) is 4.07. The fourth-order valence-electron chi connectivity index (χ4n) is 1.99. The van der Waals surface area contributed by atoms with E-state index in [0.29, 0.717) is 6.04 Å². The van der Waals surface area contributed by atoms with Crippen molar-refractivity contribution in [1.29, 1.82) is 0 Å². The van der Waals surface area contributed by atoms with Crippen LogP contribution in [0.4, 0.5) is 0 Å². The van der Waals surface area contributed by atoms with Crippen LogP contribution in [-0.2, 0) is 6.42 Å². The van der Waals surface area contributed by atoms with Crippen molar-refractivity contribution in [3.8, 4) is 5.75 Å². The number of benzene rings is 1. The van der Waals surface area contributed by atoms with Crippen LogP contribution < -0.4 is 10.1 Å². The zero-order chi connectivity index (χ0) is 13.5. The van der Waals surface area contributed by atoms with E-state index in [1.165, 1.54) is 5.56 Å². The average molecular weight is 256 g/mol. The van der Waals surface area contributed by atoms with Gasteiger partial charge >= 0.3 is 0 Å². The normalized spacial score (nSPS) is 12.1. The van der Waals surface area contributed by atoms with Gasteiger partial charge in [-0.05, 0) is 36.8 Å². The molecule has 1 heterocycles. The van der Waals surface area contributed by atoms with Crippen LogP contribution in [0.3, 0.4) is 0 Å². The van der Waals surface area contributed by atoms with Gasteiger partial charge in [0, 0.05) is 30.9 Å². The lowest BCUT2D eigenvalue weighted by molar-refractivity contribution is 0.413. The number of hydrogen-bond donors (Lipinski definition) is 1. The Labute approximate surface area is 114 Å². The first-order chi connectivity index (χ1) is 9.29. The molecule has 0 fully saturated rings. The van der Waals surface area contributed by atoms with Crippen molar-refractivity contribution in [3.63, 3.8) is 0 Å². The molecule has 1 atom stereocenters. The molecule has 1 aromatic carbocycles. The van der Waals surface area contributed by atoms with Gasteiger partial charge in [-0.15, -0.1) is 0 Å². The molecule has 0 aliphatic rings. The van der Waals surface area contributed by atoms with Crippen LogP contribution in [-0.4, -0.2) is 18.6 Å². The molecular formula is C16H20N2O. The molecule has 0 radical (unpaired) electrons. The number of aromatic nitrogens is 1. The SMILES string of the molecule is COc1cccc([C@H](C)NCCc2ccccn2)c1. The maximum absolute atomic E-state index is 5.24. The van der Waals surface area contributed by atoms with E-state index in [9.17, 15) is 0 Å². The van der Waals surface area contributed by atoms with E-state index in [1.54, 1.807) is 7.11 Å². The summed E-state index contributed by atoms with van der Waals surface area (Å²) < 4.78 is 5.24. The Balaban J connectivity index is 1.85. The summed E-state index contributed by atoms with van der Waals surface area (Å²) in [5.41, 5.74) is 2.35. The number of nitrogens with one attached hydrogen (secondary N) is 1. The van der Waals surface area contributed by atoms with Gasteiger partial charge in [0.05, 0.1) is 7.11 Å². The number of nitrogens with zero attached hydrogens (tertiary/aromatic N) is 1. The second-order valence-electron chi connectivity index (χ2n) is 4.52. The zero-order valence-corrected chi connectivity index (χ0v) is 11.5. The molecule has 2 aromatic rings. The monoisotopic (exact) mass is 256 g/mol. The first-order valence-corrected chi connectivity index (χ1v) is 6.57. The van der Waals surface area contributed by atoms with Crippen LogP contribution >= 0.6 is 0 Å². The summed E-state index contributed by atoms with van der Waals surface area (Å²) in [4.78, 5) is 4.32. The van der Waals surface area contributed by atoms with Crippen LogP contribution in [0.15, 0.2) is 48.7 Å². The summed E-state index contributed by atoms with van der Waals surface area (Å²) in [5, 5.41) is 3.50. The molecule has 0 unspecified atom stereocenters. The highest BCUT2D eigenvalue weighted by atomic mass is 16.5. The Kier molecular flexibility index (Phi) is 4.93. The minimum absolute atomic E-state index is 0.304. The van der Waals surface area contributed by atoms with Crippen molar-refractivity contribution in [2.24, 2.45) is 0 Å². The van der Waals surface area contributed by atoms with E-state index in [-0.39, 0.29) is 0 Å². The summed E-state index contributed by atoms with van der Waals surface area (Å²) >= 11 is 0. The lowest BCUT2D eigenvalue weighted by Crippen LogP contribution is -2.21. The molecule has 0 bridgehead atoms. The zero-order valence-electron chi connectivity index (χ0n) is 11.5. The fourth-order valence-corrected chi connectivity index (χ4v) is 1.99. The molecule has 0 aliphatic heterocycles. The first-order valence-electron chi connectivity index (χ1n) is 6.57. The molecule has 0 aliphatic carbocycles. The number of methoxy groups -OCH3 is 1. The van der Waals surface area contributed by atoms with E-state index in [0.717, 1.165) is 24.4 Å². The molecular weight excluding hydrogens is 236 g/mol. The number of hydrogen-bond acceptors (Lipinski definition) is 3. The van der Waals surface area contributed by atoms with Gasteiger partial charge in [0.25, 0.3) is 0 Å². The van der Waals surface area contributed by atoms with Crippen molar-refractivity contribution in [2.75, 3.05) is 13.7 Å². The van der Waals surface area contributed by atoms with E-state index in [2.05, 4.69) is 35.4 Å². The average Bonchev–Trinajstić information content (AvgIpc) is 2.48. The second-order valence-corrected chi connectivity index (χ2v) is 4.52. The summed E-state index contributed by atoms with van der Waals surface area (Å²) in [7, 11) is 1.69. The molecule has 0 saturated heterocycles. The molecule has 19 heavy (non-hydrogen) atoms. The Hall–Kier alpha value is -1.87. The molecule has 1 aromatic heterocycles. The third-order valence-corrected chi connectivity index (χ3v) is 3.15. The van der Waals surface area contributed by atoms with Gasteiger partial charge in [-0.2, -0.15) is 0 Å². The lowest BCUT2D eigenvalue weighted by Gasteiger charge is -2.15. The van der Waals surface area contributed by atoms with Crippen LogP contribution in [0, 0.1) is 0 Å². The molecule has 1 N–H and O–H groups in total.